The number of carbonyl (C=O) groups excluding carboxylic acids is 1. The zero-order valence-corrected chi connectivity index (χ0v) is 13.4. The molecule has 0 spiro atoms. The molecule has 1 heterocycles. The Kier molecular flexibility index (Phi) is 6.72. The van der Waals surface area contributed by atoms with Gasteiger partial charge in [0.2, 0.25) is 5.91 Å². The van der Waals surface area contributed by atoms with Gasteiger partial charge in [0.15, 0.2) is 0 Å². The number of amides is 1. The van der Waals surface area contributed by atoms with E-state index in [4.69, 9.17) is 9.47 Å². The van der Waals surface area contributed by atoms with Crippen LogP contribution in [0.2, 0.25) is 0 Å². The van der Waals surface area contributed by atoms with Crippen LogP contribution in [0.4, 0.5) is 0 Å². The highest BCUT2D eigenvalue weighted by Crippen LogP contribution is 2.48. The topological polar surface area (TPSA) is 59.6 Å². The van der Waals surface area contributed by atoms with Crippen molar-refractivity contribution in [3.05, 3.63) is 0 Å². The monoisotopic (exact) mass is 306 g/mol. The van der Waals surface area contributed by atoms with Crippen molar-refractivity contribution >= 4 is 18.3 Å². The van der Waals surface area contributed by atoms with Gasteiger partial charge in [-0.3, -0.25) is 4.79 Å². The zero-order valence-electron chi connectivity index (χ0n) is 12.6. The third kappa shape index (κ3) is 3.11. The summed E-state index contributed by atoms with van der Waals surface area (Å²) in [7, 11) is 1.76. The lowest BCUT2D eigenvalue weighted by Gasteiger charge is -2.55. The van der Waals surface area contributed by atoms with Crippen LogP contribution in [0.5, 0.6) is 0 Å². The molecule has 2 aliphatic rings. The summed E-state index contributed by atoms with van der Waals surface area (Å²) >= 11 is 0. The average molecular weight is 307 g/mol. The molecule has 2 fully saturated rings. The Balaban J connectivity index is 0.00000200. The van der Waals surface area contributed by atoms with E-state index >= 15 is 0 Å². The first-order chi connectivity index (χ1) is 9.17. The van der Waals surface area contributed by atoms with Crippen molar-refractivity contribution in [2.24, 2.45) is 5.41 Å². The van der Waals surface area contributed by atoms with E-state index in [1.54, 1.807) is 7.11 Å². The number of rotatable bonds is 5. The van der Waals surface area contributed by atoms with E-state index in [2.05, 4.69) is 24.5 Å². The minimum absolute atomic E-state index is 0. The first kappa shape index (κ1) is 17.7. The highest BCUT2D eigenvalue weighted by molar-refractivity contribution is 5.85. The van der Waals surface area contributed by atoms with Crippen LogP contribution in [0.25, 0.3) is 0 Å². The number of hydrogen-bond donors (Lipinski definition) is 2. The molecule has 1 amide bonds. The number of methoxy groups -OCH3 is 1. The summed E-state index contributed by atoms with van der Waals surface area (Å²) in [4.78, 5) is 12.2. The number of halogens is 1. The van der Waals surface area contributed by atoms with Crippen molar-refractivity contribution in [1.29, 1.82) is 0 Å². The van der Waals surface area contributed by atoms with Gasteiger partial charge >= 0.3 is 0 Å². The second-order valence-electron chi connectivity index (χ2n) is 5.54. The van der Waals surface area contributed by atoms with Gasteiger partial charge in [0.25, 0.3) is 0 Å². The fourth-order valence-electron chi connectivity index (χ4n) is 3.49. The fraction of sp³-hybridized carbons (Fsp3) is 0.929. The highest BCUT2D eigenvalue weighted by Gasteiger charge is 2.53. The predicted molar refractivity (Wildman–Crippen MR) is 80.2 cm³/mol. The van der Waals surface area contributed by atoms with E-state index in [1.807, 2.05) is 0 Å². The summed E-state index contributed by atoms with van der Waals surface area (Å²) in [6.45, 7) is 6.26. The summed E-state index contributed by atoms with van der Waals surface area (Å²) in [5.41, 5.74) is 0.0972. The van der Waals surface area contributed by atoms with Crippen molar-refractivity contribution in [2.75, 3.05) is 26.9 Å². The Morgan fingerprint density at radius 2 is 2.15 bits per heavy atom. The van der Waals surface area contributed by atoms with Crippen LogP contribution < -0.4 is 10.6 Å². The van der Waals surface area contributed by atoms with E-state index < -0.39 is 0 Å². The van der Waals surface area contributed by atoms with Crippen molar-refractivity contribution in [1.82, 2.24) is 10.6 Å². The van der Waals surface area contributed by atoms with Gasteiger partial charge in [0.05, 0.1) is 19.3 Å². The van der Waals surface area contributed by atoms with Gasteiger partial charge < -0.3 is 20.1 Å². The van der Waals surface area contributed by atoms with Gasteiger partial charge in [-0.15, -0.1) is 12.4 Å². The molecule has 20 heavy (non-hydrogen) atoms. The van der Waals surface area contributed by atoms with Crippen molar-refractivity contribution in [3.8, 4) is 0 Å². The van der Waals surface area contributed by atoms with Crippen molar-refractivity contribution < 1.29 is 14.3 Å². The van der Waals surface area contributed by atoms with Gasteiger partial charge in [-0.1, -0.05) is 13.8 Å². The molecular weight excluding hydrogens is 280 g/mol. The fourth-order valence-corrected chi connectivity index (χ4v) is 3.49. The predicted octanol–water partition coefficient (Wildman–Crippen LogP) is 1.11. The molecular formula is C14H27ClN2O3. The number of ether oxygens (including phenoxy) is 2. The molecule has 1 saturated carbocycles. The molecule has 0 radical (unpaired) electrons. The number of carbonyl (C=O) groups is 1. The lowest BCUT2D eigenvalue weighted by Crippen LogP contribution is -2.66. The van der Waals surface area contributed by atoms with E-state index in [1.165, 1.54) is 0 Å². The third-order valence-electron chi connectivity index (χ3n) is 4.94. The van der Waals surface area contributed by atoms with E-state index in [9.17, 15) is 4.79 Å². The molecule has 5 nitrogen and oxygen atoms in total. The molecule has 2 rings (SSSR count). The van der Waals surface area contributed by atoms with Gasteiger partial charge in [0, 0.05) is 25.1 Å². The second-order valence-corrected chi connectivity index (χ2v) is 5.54. The Morgan fingerprint density at radius 3 is 2.65 bits per heavy atom. The van der Waals surface area contributed by atoms with Gasteiger partial charge in [-0.05, 0) is 19.3 Å². The zero-order chi connectivity index (χ0) is 13.9. The molecule has 2 N–H and O–H groups in total. The number of morpholine rings is 1. The van der Waals surface area contributed by atoms with Gasteiger partial charge in [0.1, 0.15) is 6.04 Å². The van der Waals surface area contributed by atoms with Crippen LogP contribution >= 0.6 is 12.4 Å². The molecule has 6 heteroatoms. The quantitative estimate of drug-likeness (QED) is 0.799. The third-order valence-corrected chi connectivity index (χ3v) is 4.94. The lowest BCUT2D eigenvalue weighted by atomic mass is 9.58. The molecule has 0 aromatic rings. The van der Waals surface area contributed by atoms with Crippen molar-refractivity contribution in [3.63, 3.8) is 0 Å². The molecule has 0 bridgehead atoms. The molecule has 0 aromatic heterocycles. The summed E-state index contributed by atoms with van der Waals surface area (Å²) in [6, 6.07) is 0.0189. The SMILES string of the molecule is CCC1(CC)C(NC(=O)C2COCCN2)CC1OC.Cl. The molecule has 1 saturated heterocycles. The molecule has 1 aliphatic heterocycles. The van der Waals surface area contributed by atoms with E-state index in [-0.39, 0.29) is 41.9 Å². The van der Waals surface area contributed by atoms with Gasteiger partial charge in [-0.2, -0.15) is 0 Å². The summed E-state index contributed by atoms with van der Waals surface area (Å²) < 4.78 is 10.9. The van der Waals surface area contributed by atoms with Crippen LogP contribution in [0.3, 0.4) is 0 Å². The number of hydrogen-bond acceptors (Lipinski definition) is 4. The molecule has 0 aromatic carbocycles. The maximum atomic E-state index is 12.2. The largest absolute Gasteiger partial charge is 0.381 e. The Bertz CT molecular complexity index is 318. The maximum Gasteiger partial charge on any atom is 0.239 e. The molecule has 3 atom stereocenters. The van der Waals surface area contributed by atoms with Crippen LogP contribution in [0.1, 0.15) is 33.1 Å². The maximum absolute atomic E-state index is 12.2. The van der Waals surface area contributed by atoms with Crippen LogP contribution in [-0.2, 0) is 14.3 Å². The first-order valence-corrected chi connectivity index (χ1v) is 7.32. The second kappa shape index (κ2) is 7.59. The van der Waals surface area contributed by atoms with Crippen LogP contribution in [0.15, 0.2) is 0 Å². The van der Waals surface area contributed by atoms with Crippen LogP contribution in [-0.4, -0.2) is 51.0 Å². The minimum Gasteiger partial charge on any atom is -0.381 e. The summed E-state index contributed by atoms with van der Waals surface area (Å²) in [5, 5.41) is 6.37. The highest BCUT2D eigenvalue weighted by atomic mass is 35.5. The molecule has 118 valence electrons. The Hall–Kier alpha value is -0.360. The smallest absolute Gasteiger partial charge is 0.239 e. The minimum atomic E-state index is -0.207. The van der Waals surface area contributed by atoms with E-state index in [0.717, 1.165) is 25.8 Å². The molecule has 3 unspecified atom stereocenters. The van der Waals surface area contributed by atoms with Crippen molar-refractivity contribution in [2.45, 2.75) is 51.3 Å². The standard InChI is InChI=1S/C14H26N2O3.ClH/c1-4-14(5-2)11(8-12(14)18-3)16-13(17)10-9-19-7-6-15-10;/h10-12,15H,4-9H2,1-3H3,(H,16,17);1H. The normalized spacial score (nSPS) is 31.9. The lowest BCUT2D eigenvalue weighted by molar-refractivity contribution is -0.144. The van der Waals surface area contributed by atoms with Gasteiger partial charge in [-0.25, -0.2) is 0 Å². The summed E-state index contributed by atoms with van der Waals surface area (Å²) in [5.74, 6) is 0.0607. The molecule has 1 aliphatic carbocycles. The first-order valence-electron chi connectivity index (χ1n) is 7.32. The Morgan fingerprint density at radius 1 is 1.45 bits per heavy atom. The summed E-state index contributed by atoms with van der Waals surface area (Å²) in [6.07, 6.45) is 3.24. The van der Waals surface area contributed by atoms with Crippen LogP contribution in [0, 0.1) is 5.41 Å². The Labute approximate surface area is 127 Å². The van der Waals surface area contributed by atoms with E-state index in [0.29, 0.717) is 13.2 Å². The number of nitrogens with one attached hydrogen (secondary N) is 2. The average Bonchev–Trinajstić information content (AvgIpc) is 2.45.